The number of nitrogens with one attached hydrogen (secondary N) is 1. The molecule has 1 fully saturated rings. The Morgan fingerprint density at radius 3 is 2.64 bits per heavy atom. The summed E-state index contributed by atoms with van der Waals surface area (Å²) in [6, 6.07) is 1.36. The molecule has 84 valence electrons. The highest BCUT2D eigenvalue weighted by Crippen LogP contribution is 2.13. The van der Waals surface area contributed by atoms with E-state index in [0.29, 0.717) is 6.04 Å². The van der Waals surface area contributed by atoms with Gasteiger partial charge in [-0.1, -0.05) is 34.1 Å². The lowest BCUT2D eigenvalue weighted by Gasteiger charge is -2.20. The van der Waals surface area contributed by atoms with E-state index >= 15 is 0 Å². The van der Waals surface area contributed by atoms with Gasteiger partial charge in [-0.15, -0.1) is 0 Å². The summed E-state index contributed by atoms with van der Waals surface area (Å²) >= 11 is 0. The van der Waals surface area contributed by atoms with Crippen molar-refractivity contribution < 1.29 is 0 Å². The second-order valence-electron chi connectivity index (χ2n) is 5.08. The molecule has 0 spiro atoms. The fourth-order valence-electron chi connectivity index (χ4n) is 2.18. The van der Waals surface area contributed by atoms with E-state index in [9.17, 15) is 0 Å². The quantitative estimate of drug-likeness (QED) is 0.728. The van der Waals surface area contributed by atoms with Gasteiger partial charge in [-0.25, -0.2) is 0 Å². The second kappa shape index (κ2) is 5.72. The Bertz CT molecular complexity index is 156. The molecule has 14 heavy (non-hydrogen) atoms. The molecule has 0 aromatic heterocycles. The van der Waals surface area contributed by atoms with Crippen molar-refractivity contribution in [1.82, 2.24) is 10.2 Å². The van der Waals surface area contributed by atoms with Gasteiger partial charge in [0.05, 0.1) is 0 Å². The Morgan fingerprint density at radius 1 is 1.36 bits per heavy atom. The van der Waals surface area contributed by atoms with Crippen LogP contribution in [-0.4, -0.2) is 36.6 Å². The normalized spacial score (nSPS) is 25.9. The summed E-state index contributed by atoms with van der Waals surface area (Å²) in [4.78, 5) is 2.61. The van der Waals surface area contributed by atoms with Crippen LogP contribution in [0.1, 0.15) is 40.5 Å². The third-order valence-electron chi connectivity index (χ3n) is 3.11. The standard InChI is InChI=1S/C12H26N2/c1-5-11(4)8-14-7-6-12(9-14)13-10(2)3/h10-13H,5-9H2,1-4H3. The molecule has 0 saturated carbocycles. The summed E-state index contributed by atoms with van der Waals surface area (Å²) < 4.78 is 0. The fourth-order valence-corrected chi connectivity index (χ4v) is 2.18. The Hall–Kier alpha value is -0.0800. The van der Waals surface area contributed by atoms with Gasteiger partial charge in [-0.05, 0) is 18.9 Å². The molecule has 2 atom stereocenters. The Morgan fingerprint density at radius 2 is 2.07 bits per heavy atom. The topological polar surface area (TPSA) is 15.3 Å². The average Bonchev–Trinajstić information content (AvgIpc) is 2.51. The van der Waals surface area contributed by atoms with Crippen LogP contribution in [0.15, 0.2) is 0 Å². The first-order chi connectivity index (χ1) is 6.61. The van der Waals surface area contributed by atoms with Crippen LogP contribution < -0.4 is 5.32 Å². The lowest BCUT2D eigenvalue weighted by Crippen LogP contribution is -2.37. The van der Waals surface area contributed by atoms with E-state index in [1.165, 1.54) is 32.5 Å². The van der Waals surface area contributed by atoms with Gasteiger partial charge in [0.15, 0.2) is 0 Å². The fraction of sp³-hybridized carbons (Fsp3) is 1.00. The van der Waals surface area contributed by atoms with E-state index < -0.39 is 0 Å². The van der Waals surface area contributed by atoms with Crippen LogP contribution in [0.4, 0.5) is 0 Å². The van der Waals surface area contributed by atoms with Crippen LogP contribution in [0, 0.1) is 5.92 Å². The molecule has 0 aromatic rings. The first-order valence-electron chi connectivity index (χ1n) is 6.10. The SMILES string of the molecule is CCC(C)CN1CCC(NC(C)C)C1. The molecular formula is C12H26N2. The third kappa shape index (κ3) is 3.97. The second-order valence-corrected chi connectivity index (χ2v) is 5.08. The van der Waals surface area contributed by atoms with E-state index in [4.69, 9.17) is 0 Å². The lowest BCUT2D eigenvalue weighted by molar-refractivity contribution is 0.275. The van der Waals surface area contributed by atoms with Crippen molar-refractivity contribution in [2.45, 2.75) is 52.6 Å². The van der Waals surface area contributed by atoms with Crippen LogP contribution in [0.25, 0.3) is 0 Å². The van der Waals surface area contributed by atoms with E-state index in [1.54, 1.807) is 0 Å². The molecule has 0 aliphatic carbocycles. The number of hydrogen-bond acceptors (Lipinski definition) is 2. The van der Waals surface area contributed by atoms with Crippen molar-refractivity contribution in [2.75, 3.05) is 19.6 Å². The van der Waals surface area contributed by atoms with Gasteiger partial charge in [0, 0.05) is 25.2 Å². The van der Waals surface area contributed by atoms with Crippen molar-refractivity contribution in [3.05, 3.63) is 0 Å². The van der Waals surface area contributed by atoms with Crippen LogP contribution in [0.3, 0.4) is 0 Å². The minimum absolute atomic E-state index is 0.628. The summed E-state index contributed by atoms with van der Waals surface area (Å²) in [5.41, 5.74) is 0. The number of likely N-dealkylation sites (tertiary alicyclic amines) is 1. The Balaban J connectivity index is 2.20. The van der Waals surface area contributed by atoms with Crippen LogP contribution in [0.5, 0.6) is 0 Å². The smallest absolute Gasteiger partial charge is 0.0209 e. The maximum absolute atomic E-state index is 3.62. The zero-order valence-corrected chi connectivity index (χ0v) is 10.2. The third-order valence-corrected chi connectivity index (χ3v) is 3.11. The van der Waals surface area contributed by atoms with Gasteiger partial charge >= 0.3 is 0 Å². The minimum Gasteiger partial charge on any atom is -0.310 e. The molecule has 2 heteroatoms. The van der Waals surface area contributed by atoms with Gasteiger partial charge in [0.25, 0.3) is 0 Å². The maximum Gasteiger partial charge on any atom is 0.0209 e. The van der Waals surface area contributed by atoms with Crippen molar-refractivity contribution in [1.29, 1.82) is 0 Å². The molecule has 1 rings (SSSR count). The first kappa shape index (κ1) is 12.0. The molecule has 0 radical (unpaired) electrons. The van der Waals surface area contributed by atoms with Crippen molar-refractivity contribution in [2.24, 2.45) is 5.92 Å². The number of rotatable bonds is 5. The summed E-state index contributed by atoms with van der Waals surface area (Å²) in [7, 11) is 0. The highest BCUT2D eigenvalue weighted by molar-refractivity contribution is 4.82. The Kier molecular flexibility index (Phi) is 4.90. The van der Waals surface area contributed by atoms with E-state index in [-0.39, 0.29) is 0 Å². The van der Waals surface area contributed by atoms with Crippen LogP contribution in [0.2, 0.25) is 0 Å². The molecule has 1 aliphatic rings. The molecule has 2 nitrogen and oxygen atoms in total. The van der Waals surface area contributed by atoms with Crippen LogP contribution >= 0.6 is 0 Å². The lowest BCUT2D eigenvalue weighted by atomic mass is 10.1. The van der Waals surface area contributed by atoms with Gasteiger partial charge in [-0.3, -0.25) is 0 Å². The molecule has 1 heterocycles. The van der Waals surface area contributed by atoms with Gasteiger partial charge < -0.3 is 10.2 Å². The van der Waals surface area contributed by atoms with E-state index in [1.807, 2.05) is 0 Å². The molecule has 1 saturated heterocycles. The molecule has 0 aromatic carbocycles. The predicted molar refractivity (Wildman–Crippen MR) is 62.6 cm³/mol. The Labute approximate surface area is 89.1 Å². The molecule has 1 N–H and O–H groups in total. The number of hydrogen-bond donors (Lipinski definition) is 1. The summed E-state index contributed by atoms with van der Waals surface area (Å²) in [6.07, 6.45) is 2.63. The summed E-state index contributed by atoms with van der Waals surface area (Å²) in [5.74, 6) is 0.854. The largest absolute Gasteiger partial charge is 0.310 e. The maximum atomic E-state index is 3.62. The van der Waals surface area contributed by atoms with Gasteiger partial charge in [0.1, 0.15) is 0 Å². The zero-order chi connectivity index (χ0) is 10.6. The summed E-state index contributed by atoms with van der Waals surface area (Å²) in [5, 5.41) is 3.62. The first-order valence-corrected chi connectivity index (χ1v) is 6.10. The van der Waals surface area contributed by atoms with Gasteiger partial charge in [0.2, 0.25) is 0 Å². The highest BCUT2D eigenvalue weighted by atomic mass is 15.2. The average molecular weight is 198 g/mol. The molecule has 0 bridgehead atoms. The van der Waals surface area contributed by atoms with E-state index in [0.717, 1.165) is 12.0 Å². The molecule has 2 unspecified atom stereocenters. The zero-order valence-electron chi connectivity index (χ0n) is 10.2. The molecule has 0 amide bonds. The van der Waals surface area contributed by atoms with E-state index in [2.05, 4.69) is 37.9 Å². The van der Waals surface area contributed by atoms with Crippen molar-refractivity contribution >= 4 is 0 Å². The minimum atomic E-state index is 0.628. The summed E-state index contributed by atoms with van der Waals surface area (Å²) in [6.45, 7) is 12.9. The van der Waals surface area contributed by atoms with Crippen molar-refractivity contribution in [3.63, 3.8) is 0 Å². The highest BCUT2D eigenvalue weighted by Gasteiger charge is 2.23. The number of nitrogens with zero attached hydrogens (tertiary/aromatic N) is 1. The molecular weight excluding hydrogens is 172 g/mol. The van der Waals surface area contributed by atoms with Crippen LogP contribution in [-0.2, 0) is 0 Å². The van der Waals surface area contributed by atoms with Crippen molar-refractivity contribution in [3.8, 4) is 0 Å². The monoisotopic (exact) mass is 198 g/mol. The predicted octanol–water partition coefficient (Wildman–Crippen LogP) is 2.10. The van der Waals surface area contributed by atoms with Gasteiger partial charge in [-0.2, -0.15) is 0 Å². The molecule has 1 aliphatic heterocycles.